The highest BCUT2D eigenvalue weighted by Crippen LogP contribution is 2.32. The Kier molecular flexibility index (Phi) is 4.96. The SMILES string of the molecule is O=C1CC[C@H]2CN(Cc3cscn3)CC[C@H]2N1CCc1cccs1. The summed E-state index contributed by atoms with van der Waals surface area (Å²) in [7, 11) is 0. The number of rotatable bonds is 5. The van der Waals surface area contributed by atoms with Crippen molar-refractivity contribution in [1.82, 2.24) is 14.8 Å². The van der Waals surface area contributed by atoms with E-state index in [1.807, 2.05) is 5.51 Å². The summed E-state index contributed by atoms with van der Waals surface area (Å²) in [6, 6.07) is 4.71. The lowest BCUT2D eigenvalue weighted by atomic mass is 9.83. The van der Waals surface area contributed by atoms with Gasteiger partial charge in [0.05, 0.1) is 11.2 Å². The van der Waals surface area contributed by atoms with Crippen molar-refractivity contribution >= 4 is 28.6 Å². The zero-order valence-electron chi connectivity index (χ0n) is 13.8. The highest BCUT2D eigenvalue weighted by Gasteiger charge is 2.38. The number of piperidine rings is 2. The molecule has 2 aromatic heterocycles. The van der Waals surface area contributed by atoms with E-state index in [1.54, 1.807) is 22.7 Å². The van der Waals surface area contributed by atoms with E-state index >= 15 is 0 Å². The summed E-state index contributed by atoms with van der Waals surface area (Å²) in [5.74, 6) is 0.985. The van der Waals surface area contributed by atoms with E-state index in [0.717, 1.165) is 51.9 Å². The molecule has 0 spiro atoms. The minimum absolute atomic E-state index is 0.362. The molecule has 2 fully saturated rings. The molecule has 0 bridgehead atoms. The Hall–Kier alpha value is -1.24. The van der Waals surface area contributed by atoms with Crippen LogP contribution in [-0.2, 0) is 17.8 Å². The van der Waals surface area contributed by atoms with Gasteiger partial charge < -0.3 is 4.90 Å². The van der Waals surface area contributed by atoms with E-state index in [1.165, 1.54) is 10.6 Å². The molecule has 4 rings (SSSR count). The van der Waals surface area contributed by atoms with Crippen LogP contribution in [0.5, 0.6) is 0 Å². The average molecular weight is 362 g/mol. The molecule has 0 N–H and O–H groups in total. The molecule has 4 nitrogen and oxygen atoms in total. The second-order valence-corrected chi connectivity index (χ2v) is 8.54. The maximum absolute atomic E-state index is 12.5. The number of likely N-dealkylation sites (tertiary alicyclic amines) is 2. The minimum Gasteiger partial charge on any atom is -0.339 e. The molecule has 2 atom stereocenters. The lowest BCUT2D eigenvalue weighted by molar-refractivity contribution is -0.141. The lowest BCUT2D eigenvalue weighted by Gasteiger charge is -2.47. The van der Waals surface area contributed by atoms with Crippen LogP contribution in [0.15, 0.2) is 28.4 Å². The van der Waals surface area contributed by atoms with Gasteiger partial charge in [0.1, 0.15) is 0 Å². The summed E-state index contributed by atoms with van der Waals surface area (Å²) in [6.07, 6.45) is 3.86. The van der Waals surface area contributed by atoms with Crippen LogP contribution in [0, 0.1) is 5.92 Å². The fraction of sp³-hybridized carbons (Fsp3) is 0.556. The number of fused-ring (bicyclic) bond motifs is 1. The molecule has 0 saturated carbocycles. The molecule has 4 heterocycles. The van der Waals surface area contributed by atoms with E-state index in [0.29, 0.717) is 17.9 Å². The predicted octanol–water partition coefficient (Wildman–Crippen LogP) is 3.26. The summed E-state index contributed by atoms with van der Waals surface area (Å²) < 4.78 is 0. The molecule has 0 radical (unpaired) electrons. The quantitative estimate of drug-likeness (QED) is 0.820. The Bertz CT molecular complexity index is 656. The van der Waals surface area contributed by atoms with Crippen molar-refractivity contribution < 1.29 is 4.79 Å². The van der Waals surface area contributed by atoms with Crippen molar-refractivity contribution in [3.63, 3.8) is 0 Å². The highest BCUT2D eigenvalue weighted by atomic mass is 32.1. The van der Waals surface area contributed by atoms with E-state index < -0.39 is 0 Å². The Labute approximate surface area is 151 Å². The van der Waals surface area contributed by atoms with Gasteiger partial charge in [-0.15, -0.1) is 22.7 Å². The second kappa shape index (κ2) is 7.33. The third-order valence-electron chi connectivity index (χ3n) is 5.28. The number of carbonyl (C=O) groups excluding carboxylic acids is 1. The fourth-order valence-electron chi connectivity index (χ4n) is 4.09. The highest BCUT2D eigenvalue weighted by molar-refractivity contribution is 7.09. The van der Waals surface area contributed by atoms with Gasteiger partial charge in [0.25, 0.3) is 0 Å². The van der Waals surface area contributed by atoms with Crippen molar-refractivity contribution in [2.75, 3.05) is 19.6 Å². The van der Waals surface area contributed by atoms with Gasteiger partial charge in [0, 0.05) is 48.9 Å². The van der Waals surface area contributed by atoms with Crippen LogP contribution >= 0.6 is 22.7 Å². The Morgan fingerprint density at radius 1 is 1.33 bits per heavy atom. The molecule has 1 amide bonds. The standard InChI is InChI=1S/C18H23N3OS2/c22-18-4-3-14-10-20(11-15-12-23-13-19-15)7-6-17(14)21(18)8-5-16-2-1-9-24-16/h1-2,9,12-14,17H,3-8,10-11H2/t14-,17+/m0/s1. The van der Waals surface area contributed by atoms with E-state index in [4.69, 9.17) is 0 Å². The fourth-order valence-corrected chi connectivity index (χ4v) is 5.34. The van der Waals surface area contributed by atoms with Gasteiger partial charge in [-0.25, -0.2) is 4.98 Å². The second-order valence-electron chi connectivity index (χ2n) is 6.79. The third-order valence-corrected chi connectivity index (χ3v) is 6.85. The summed E-state index contributed by atoms with van der Waals surface area (Å²) in [6.45, 7) is 4.01. The lowest BCUT2D eigenvalue weighted by Crippen LogP contribution is -2.56. The number of hydrogen-bond acceptors (Lipinski definition) is 5. The Morgan fingerprint density at radius 2 is 2.29 bits per heavy atom. The molecule has 0 unspecified atom stereocenters. The van der Waals surface area contributed by atoms with Gasteiger partial charge in [-0.3, -0.25) is 9.69 Å². The predicted molar refractivity (Wildman–Crippen MR) is 98.3 cm³/mol. The van der Waals surface area contributed by atoms with Crippen molar-refractivity contribution in [2.45, 2.75) is 38.3 Å². The molecule has 2 aromatic rings. The van der Waals surface area contributed by atoms with Crippen LogP contribution in [0.3, 0.4) is 0 Å². The van der Waals surface area contributed by atoms with Crippen LogP contribution in [-0.4, -0.2) is 46.4 Å². The number of thiophene rings is 1. The smallest absolute Gasteiger partial charge is 0.222 e. The van der Waals surface area contributed by atoms with Gasteiger partial charge in [-0.2, -0.15) is 0 Å². The summed E-state index contributed by atoms with van der Waals surface area (Å²) in [5, 5.41) is 4.26. The maximum atomic E-state index is 12.5. The number of hydrogen-bond donors (Lipinski definition) is 0. The molecule has 6 heteroatoms. The first-order valence-corrected chi connectivity index (χ1v) is 10.5. The van der Waals surface area contributed by atoms with Gasteiger partial charge in [0.15, 0.2) is 0 Å². The third kappa shape index (κ3) is 3.55. The molecule has 24 heavy (non-hydrogen) atoms. The largest absolute Gasteiger partial charge is 0.339 e. The summed E-state index contributed by atoms with van der Waals surface area (Å²) >= 11 is 3.46. The van der Waals surface area contributed by atoms with Crippen molar-refractivity contribution in [2.24, 2.45) is 5.92 Å². The number of carbonyl (C=O) groups is 1. The first kappa shape index (κ1) is 16.2. The zero-order chi connectivity index (χ0) is 16.4. The number of amides is 1. The zero-order valence-corrected chi connectivity index (χ0v) is 15.4. The van der Waals surface area contributed by atoms with Crippen LogP contribution in [0.25, 0.3) is 0 Å². The van der Waals surface area contributed by atoms with Gasteiger partial charge >= 0.3 is 0 Å². The minimum atomic E-state index is 0.362. The Morgan fingerprint density at radius 3 is 3.08 bits per heavy atom. The maximum Gasteiger partial charge on any atom is 0.222 e. The molecule has 0 aromatic carbocycles. The van der Waals surface area contributed by atoms with Crippen LogP contribution in [0.1, 0.15) is 29.8 Å². The molecule has 128 valence electrons. The van der Waals surface area contributed by atoms with E-state index in [9.17, 15) is 4.79 Å². The van der Waals surface area contributed by atoms with Crippen molar-refractivity contribution in [3.8, 4) is 0 Å². The summed E-state index contributed by atoms with van der Waals surface area (Å²) in [5.41, 5.74) is 3.09. The molecule has 2 aliphatic heterocycles. The summed E-state index contributed by atoms with van der Waals surface area (Å²) in [4.78, 5) is 23.0. The number of nitrogens with zero attached hydrogens (tertiary/aromatic N) is 3. The van der Waals surface area contributed by atoms with E-state index in [-0.39, 0.29) is 0 Å². The topological polar surface area (TPSA) is 36.4 Å². The van der Waals surface area contributed by atoms with Crippen LogP contribution in [0.4, 0.5) is 0 Å². The molecule has 0 aliphatic carbocycles. The van der Waals surface area contributed by atoms with Crippen molar-refractivity contribution in [3.05, 3.63) is 39.0 Å². The molecule has 2 saturated heterocycles. The Balaban J connectivity index is 1.37. The van der Waals surface area contributed by atoms with Crippen LogP contribution < -0.4 is 0 Å². The van der Waals surface area contributed by atoms with E-state index in [2.05, 4.69) is 37.7 Å². The molecular weight excluding hydrogens is 338 g/mol. The van der Waals surface area contributed by atoms with Gasteiger partial charge in [0.2, 0.25) is 5.91 Å². The first-order chi connectivity index (χ1) is 11.8. The van der Waals surface area contributed by atoms with Crippen molar-refractivity contribution in [1.29, 1.82) is 0 Å². The number of aromatic nitrogens is 1. The van der Waals surface area contributed by atoms with Crippen LogP contribution in [0.2, 0.25) is 0 Å². The average Bonchev–Trinajstić information content (AvgIpc) is 3.28. The van der Waals surface area contributed by atoms with Gasteiger partial charge in [-0.1, -0.05) is 6.07 Å². The first-order valence-electron chi connectivity index (χ1n) is 8.71. The molecular formula is C18H23N3OS2. The van der Waals surface area contributed by atoms with Gasteiger partial charge in [-0.05, 0) is 36.6 Å². The normalized spacial score (nSPS) is 25.0. The molecule has 2 aliphatic rings. The monoisotopic (exact) mass is 361 g/mol. The number of thiazole rings is 1.